The molecule has 0 fully saturated rings. The van der Waals surface area contributed by atoms with Crippen molar-refractivity contribution in [3.63, 3.8) is 0 Å². The number of ether oxygens (including phenoxy) is 1. The number of hydrogen-bond acceptors (Lipinski definition) is 2. The summed E-state index contributed by atoms with van der Waals surface area (Å²) in [5.74, 6) is 1.15. The van der Waals surface area contributed by atoms with Crippen LogP contribution in [0.15, 0.2) is 15.8 Å². The van der Waals surface area contributed by atoms with Gasteiger partial charge in [-0.1, -0.05) is 11.6 Å². The fourth-order valence-electron chi connectivity index (χ4n) is 1.64. The molecule has 1 rings (SSSR count). The molecule has 16 heavy (non-hydrogen) atoms. The van der Waals surface area contributed by atoms with E-state index in [1.54, 1.807) is 0 Å². The van der Waals surface area contributed by atoms with Crippen LogP contribution in [0, 0.1) is 5.92 Å². The number of aliphatic imine (C=N–C) groups is 1. The Bertz CT molecular complexity index is 290. The van der Waals surface area contributed by atoms with Crippen LogP contribution in [0.2, 0.25) is 0 Å². The normalized spacial score (nSPS) is 20.8. The highest BCUT2D eigenvalue weighted by molar-refractivity contribution is 6.29. The number of nitrogens with two attached hydrogens (primary N) is 2. The molecule has 0 heterocycles. The summed E-state index contributed by atoms with van der Waals surface area (Å²) in [4.78, 5) is 3.96. The first-order valence-electron chi connectivity index (χ1n) is 5.25. The maximum absolute atomic E-state index is 11.9. The van der Waals surface area contributed by atoms with E-state index in [0.717, 1.165) is 12.8 Å². The van der Waals surface area contributed by atoms with Gasteiger partial charge in [0.2, 0.25) is 0 Å². The van der Waals surface area contributed by atoms with E-state index in [4.69, 9.17) is 27.8 Å². The van der Waals surface area contributed by atoms with Crippen molar-refractivity contribution in [1.29, 1.82) is 0 Å². The topological polar surface area (TPSA) is 73.6 Å². The summed E-state index contributed by atoms with van der Waals surface area (Å²) in [7, 11) is 0. The molecular formula is C10H17ClFN3O. The molecule has 92 valence electrons. The van der Waals surface area contributed by atoms with Crippen LogP contribution in [-0.4, -0.2) is 25.8 Å². The molecule has 4 nitrogen and oxygen atoms in total. The van der Waals surface area contributed by atoms with Crippen molar-refractivity contribution in [2.75, 3.05) is 19.8 Å². The van der Waals surface area contributed by atoms with Gasteiger partial charge >= 0.3 is 0 Å². The summed E-state index contributed by atoms with van der Waals surface area (Å²) < 4.78 is 17.1. The standard InChI is InChI=1S/C10H17ClFN3O/c11-8-5-7(6-15-10(13)14)1-2-9(8)16-4-3-12/h7H,1-6H2,(H4,13,14,15). The zero-order chi connectivity index (χ0) is 12.0. The molecule has 0 spiro atoms. The highest BCUT2D eigenvalue weighted by Crippen LogP contribution is 2.32. The lowest BCUT2D eigenvalue weighted by Gasteiger charge is -2.23. The van der Waals surface area contributed by atoms with Gasteiger partial charge in [0, 0.05) is 13.0 Å². The molecule has 0 aromatic rings. The zero-order valence-corrected chi connectivity index (χ0v) is 9.84. The van der Waals surface area contributed by atoms with Crippen molar-refractivity contribution in [1.82, 2.24) is 0 Å². The fraction of sp³-hybridized carbons (Fsp3) is 0.700. The Morgan fingerprint density at radius 3 is 2.88 bits per heavy atom. The summed E-state index contributed by atoms with van der Waals surface area (Å²) in [6.07, 6.45) is 2.33. The summed E-state index contributed by atoms with van der Waals surface area (Å²) in [5.41, 5.74) is 10.5. The maximum atomic E-state index is 11.9. The van der Waals surface area contributed by atoms with Crippen molar-refractivity contribution < 1.29 is 9.13 Å². The fourth-order valence-corrected chi connectivity index (χ4v) is 2.01. The van der Waals surface area contributed by atoms with Gasteiger partial charge in [0.1, 0.15) is 19.0 Å². The van der Waals surface area contributed by atoms with E-state index in [2.05, 4.69) is 4.99 Å². The molecule has 1 atom stereocenters. The van der Waals surface area contributed by atoms with E-state index in [-0.39, 0.29) is 12.6 Å². The van der Waals surface area contributed by atoms with Gasteiger partial charge in [-0.2, -0.15) is 0 Å². The minimum Gasteiger partial charge on any atom is -0.494 e. The number of allylic oxidation sites excluding steroid dienone is 2. The first-order chi connectivity index (χ1) is 7.63. The monoisotopic (exact) mass is 249 g/mol. The average Bonchev–Trinajstić information content (AvgIpc) is 2.25. The SMILES string of the molecule is NC(N)=NCC1CCC(OCCF)=C(Cl)C1. The Labute approximate surface area is 99.5 Å². The van der Waals surface area contributed by atoms with Crippen LogP contribution in [0.3, 0.4) is 0 Å². The first kappa shape index (κ1) is 13.1. The Morgan fingerprint density at radius 1 is 1.56 bits per heavy atom. The van der Waals surface area contributed by atoms with E-state index in [1.807, 2.05) is 0 Å². The predicted octanol–water partition coefficient (Wildman–Crippen LogP) is 1.50. The third kappa shape index (κ3) is 4.26. The van der Waals surface area contributed by atoms with Crippen molar-refractivity contribution in [3.8, 4) is 0 Å². The molecule has 4 N–H and O–H groups in total. The maximum Gasteiger partial charge on any atom is 0.185 e. The van der Waals surface area contributed by atoms with E-state index >= 15 is 0 Å². The van der Waals surface area contributed by atoms with Crippen molar-refractivity contribution >= 4 is 17.6 Å². The van der Waals surface area contributed by atoms with Gasteiger partial charge in [-0.15, -0.1) is 0 Å². The Balaban J connectivity index is 2.44. The highest BCUT2D eigenvalue weighted by atomic mass is 35.5. The van der Waals surface area contributed by atoms with Gasteiger partial charge in [0.25, 0.3) is 0 Å². The van der Waals surface area contributed by atoms with E-state index < -0.39 is 6.67 Å². The molecule has 6 heteroatoms. The Kier molecular flexibility index (Phi) is 5.38. The largest absolute Gasteiger partial charge is 0.494 e. The molecule has 0 saturated heterocycles. The third-order valence-corrected chi connectivity index (χ3v) is 2.80. The molecule has 1 aliphatic carbocycles. The quantitative estimate of drug-likeness (QED) is 0.573. The van der Waals surface area contributed by atoms with Crippen molar-refractivity contribution in [2.24, 2.45) is 22.4 Å². The molecule has 0 saturated carbocycles. The summed E-state index contributed by atoms with van der Waals surface area (Å²) in [6, 6.07) is 0. The summed E-state index contributed by atoms with van der Waals surface area (Å²) in [5, 5.41) is 0.662. The zero-order valence-electron chi connectivity index (χ0n) is 9.09. The van der Waals surface area contributed by atoms with Crippen molar-refractivity contribution in [2.45, 2.75) is 19.3 Å². The minimum atomic E-state index is -0.495. The lowest BCUT2D eigenvalue weighted by Crippen LogP contribution is -2.24. The molecule has 0 bridgehead atoms. The van der Waals surface area contributed by atoms with Crippen LogP contribution in [0.25, 0.3) is 0 Å². The molecule has 0 aromatic carbocycles. The van der Waals surface area contributed by atoms with Gasteiger partial charge < -0.3 is 16.2 Å². The van der Waals surface area contributed by atoms with Gasteiger partial charge in [0.05, 0.1) is 5.03 Å². The molecule has 0 amide bonds. The lowest BCUT2D eigenvalue weighted by molar-refractivity contribution is 0.167. The summed E-state index contributed by atoms with van der Waals surface area (Å²) in [6.45, 7) is 0.157. The second-order valence-corrected chi connectivity index (χ2v) is 4.20. The number of alkyl halides is 1. The molecule has 1 unspecified atom stereocenters. The number of halogens is 2. The number of rotatable bonds is 5. The van der Waals surface area contributed by atoms with Crippen LogP contribution in [0.1, 0.15) is 19.3 Å². The van der Waals surface area contributed by atoms with Gasteiger partial charge in [-0.25, -0.2) is 4.39 Å². The smallest absolute Gasteiger partial charge is 0.185 e. The van der Waals surface area contributed by atoms with E-state index in [9.17, 15) is 4.39 Å². The average molecular weight is 250 g/mol. The molecule has 0 aromatic heterocycles. The lowest BCUT2D eigenvalue weighted by atomic mass is 9.93. The second kappa shape index (κ2) is 6.58. The van der Waals surface area contributed by atoms with E-state index in [1.165, 1.54) is 0 Å². The van der Waals surface area contributed by atoms with Gasteiger partial charge in [0.15, 0.2) is 5.96 Å². The molecule has 1 aliphatic rings. The number of hydrogen-bond donors (Lipinski definition) is 2. The van der Waals surface area contributed by atoms with Crippen LogP contribution < -0.4 is 11.5 Å². The Hall–Kier alpha value is -0.970. The minimum absolute atomic E-state index is 0.0735. The molecule has 0 aliphatic heterocycles. The number of guanidine groups is 1. The van der Waals surface area contributed by atoms with Crippen LogP contribution in [0.4, 0.5) is 4.39 Å². The molecular weight excluding hydrogens is 233 g/mol. The third-order valence-electron chi connectivity index (χ3n) is 2.44. The molecule has 0 radical (unpaired) electrons. The van der Waals surface area contributed by atoms with Crippen LogP contribution >= 0.6 is 11.6 Å². The van der Waals surface area contributed by atoms with Gasteiger partial charge in [-0.05, 0) is 18.8 Å². The van der Waals surface area contributed by atoms with Crippen LogP contribution in [0.5, 0.6) is 0 Å². The highest BCUT2D eigenvalue weighted by Gasteiger charge is 2.20. The first-order valence-corrected chi connectivity index (χ1v) is 5.63. The van der Waals surface area contributed by atoms with Crippen LogP contribution in [-0.2, 0) is 4.74 Å². The predicted molar refractivity (Wildman–Crippen MR) is 62.8 cm³/mol. The van der Waals surface area contributed by atoms with E-state index in [0.29, 0.717) is 29.7 Å². The summed E-state index contributed by atoms with van der Waals surface area (Å²) >= 11 is 6.05. The van der Waals surface area contributed by atoms with Crippen molar-refractivity contribution in [3.05, 3.63) is 10.8 Å². The second-order valence-electron chi connectivity index (χ2n) is 3.74. The number of nitrogens with zero attached hydrogens (tertiary/aromatic N) is 1. The van der Waals surface area contributed by atoms with Gasteiger partial charge in [-0.3, -0.25) is 4.99 Å². The Morgan fingerprint density at radius 2 is 2.31 bits per heavy atom.